The van der Waals surface area contributed by atoms with Crippen LogP contribution in [0, 0.1) is 5.92 Å². The molecule has 0 saturated heterocycles. The summed E-state index contributed by atoms with van der Waals surface area (Å²) >= 11 is 0. The lowest BCUT2D eigenvalue weighted by Crippen LogP contribution is -2.35. The van der Waals surface area contributed by atoms with Crippen molar-refractivity contribution in [1.82, 2.24) is 0 Å². The van der Waals surface area contributed by atoms with Gasteiger partial charge in [-0.2, -0.15) is 9.78 Å². The molecule has 4 nitrogen and oxygen atoms in total. The highest BCUT2D eigenvalue weighted by Gasteiger charge is 2.39. The Hall–Kier alpha value is -0.940. The van der Waals surface area contributed by atoms with E-state index in [0.717, 1.165) is 18.4 Å². The van der Waals surface area contributed by atoms with Crippen LogP contribution < -0.4 is 0 Å². The zero-order valence-corrected chi connectivity index (χ0v) is 13.6. The highest BCUT2D eigenvalue weighted by atomic mass is 17.3. The standard InChI is InChI=1S/C17H28O4/c1-5-7-11-15(6-2)14-17(20-18-3,21-19-4)16-12-9-8-10-13-16/h8-10,12-13,15H,5-7,11,14H2,1-4H3. The van der Waals surface area contributed by atoms with E-state index in [-0.39, 0.29) is 0 Å². The van der Waals surface area contributed by atoms with Crippen LogP contribution in [0.15, 0.2) is 30.3 Å². The van der Waals surface area contributed by atoms with Gasteiger partial charge in [0.1, 0.15) is 0 Å². The molecule has 0 heterocycles. The van der Waals surface area contributed by atoms with Gasteiger partial charge in [-0.1, -0.05) is 69.9 Å². The van der Waals surface area contributed by atoms with Gasteiger partial charge in [0.15, 0.2) is 0 Å². The molecule has 1 aromatic rings. The zero-order valence-electron chi connectivity index (χ0n) is 13.6. The Labute approximate surface area is 128 Å². The molecule has 1 rings (SSSR count). The average Bonchev–Trinajstić information content (AvgIpc) is 2.52. The van der Waals surface area contributed by atoms with Crippen LogP contribution in [0.4, 0.5) is 0 Å². The Morgan fingerprint density at radius 3 is 2.10 bits per heavy atom. The predicted molar refractivity (Wildman–Crippen MR) is 82.2 cm³/mol. The molecule has 0 aliphatic carbocycles. The summed E-state index contributed by atoms with van der Waals surface area (Å²) in [6.07, 6.45) is 5.28. The van der Waals surface area contributed by atoms with E-state index >= 15 is 0 Å². The highest BCUT2D eigenvalue weighted by Crippen LogP contribution is 2.37. The largest absolute Gasteiger partial charge is 0.259 e. The Morgan fingerprint density at radius 1 is 1.00 bits per heavy atom. The van der Waals surface area contributed by atoms with E-state index in [1.807, 2.05) is 30.3 Å². The van der Waals surface area contributed by atoms with Gasteiger partial charge in [0.2, 0.25) is 0 Å². The third kappa shape index (κ3) is 5.40. The van der Waals surface area contributed by atoms with Gasteiger partial charge in [0.25, 0.3) is 5.79 Å². The molecular formula is C17H28O4. The first-order valence-corrected chi connectivity index (χ1v) is 7.71. The summed E-state index contributed by atoms with van der Waals surface area (Å²) in [7, 11) is 2.98. The topological polar surface area (TPSA) is 36.9 Å². The van der Waals surface area contributed by atoms with Gasteiger partial charge >= 0.3 is 0 Å². The molecule has 4 heteroatoms. The van der Waals surface area contributed by atoms with Crippen LogP contribution in [0.1, 0.15) is 51.5 Å². The summed E-state index contributed by atoms with van der Waals surface area (Å²) in [5.41, 5.74) is 0.892. The Balaban J connectivity index is 2.99. The second kappa shape index (κ2) is 9.90. The first-order chi connectivity index (χ1) is 10.2. The van der Waals surface area contributed by atoms with Crippen molar-refractivity contribution in [3.63, 3.8) is 0 Å². The van der Waals surface area contributed by atoms with E-state index in [4.69, 9.17) is 19.6 Å². The maximum absolute atomic E-state index is 5.52. The molecule has 1 unspecified atom stereocenters. The molecule has 0 aromatic heterocycles. The molecule has 1 atom stereocenters. The lowest BCUT2D eigenvalue weighted by atomic mass is 9.88. The quantitative estimate of drug-likeness (QED) is 0.340. The predicted octanol–water partition coefficient (Wildman–Crippen LogP) is 4.60. The van der Waals surface area contributed by atoms with Gasteiger partial charge in [-0.05, 0) is 5.92 Å². The summed E-state index contributed by atoms with van der Waals surface area (Å²) in [5, 5.41) is 0. The highest BCUT2D eigenvalue weighted by molar-refractivity contribution is 5.20. The number of hydrogen-bond acceptors (Lipinski definition) is 4. The monoisotopic (exact) mass is 296 g/mol. The summed E-state index contributed by atoms with van der Waals surface area (Å²) in [5.74, 6) is -0.547. The Bertz CT molecular complexity index is 360. The molecule has 0 radical (unpaired) electrons. The van der Waals surface area contributed by atoms with Crippen molar-refractivity contribution in [1.29, 1.82) is 0 Å². The van der Waals surface area contributed by atoms with E-state index < -0.39 is 5.79 Å². The van der Waals surface area contributed by atoms with Crippen LogP contribution in [-0.4, -0.2) is 14.2 Å². The smallest absolute Gasteiger partial charge is 0.237 e. The molecular weight excluding hydrogens is 268 g/mol. The van der Waals surface area contributed by atoms with Crippen molar-refractivity contribution in [3.8, 4) is 0 Å². The SMILES string of the molecule is CCCCC(CC)CC(OOC)(OOC)c1ccccc1. The van der Waals surface area contributed by atoms with Gasteiger partial charge in [-0.15, -0.1) is 0 Å². The maximum Gasteiger partial charge on any atom is 0.259 e. The van der Waals surface area contributed by atoms with Crippen molar-refractivity contribution >= 4 is 0 Å². The molecule has 0 N–H and O–H groups in total. The molecule has 0 aliphatic heterocycles. The molecule has 0 fully saturated rings. The fraction of sp³-hybridized carbons (Fsp3) is 0.647. The molecule has 0 bridgehead atoms. The van der Waals surface area contributed by atoms with Crippen LogP contribution in [-0.2, 0) is 25.3 Å². The maximum atomic E-state index is 5.52. The summed E-state index contributed by atoms with van der Waals surface area (Å²) in [4.78, 5) is 21.0. The normalized spacial score (nSPS) is 13.3. The fourth-order valence-electron chi connectivity index (χ4n) is 2.58. The zero-order chi connectivity index (χ0) is 15.6. The van der Waals surface area contributed by atoms with Gasteiger partial charge in [-0.25, -0.2) is 9.78 Å². The first-order valence-electron chi connectivity index (χ1n) is 7.71. The second-order valence-electron chi connectivity index (χ2n) is 5.24. The minimum atomic E-state index is -1.03. The molecule has 1 aromatic carbocycles. The second-order valence-corrected chi connectivity index (χ2v) is 5.24. The van der Waals surface area contributed by atoms with Crippen molar-refractivity contribution < 1.29 is 19.6 Å². The third-order valence-corrected chi connectivity index (χ3v) is 3.75. The first kappa shape index (κ1) is 18.1. The third-order valence-electron chi connectivity index (χ3n) is 3.75. The van der Waals surface area contributed by atoms with Gasteiger partial charge in [0, 0.05) is 12.0 Å². The van der Waals surface area contributed by atoms with E-state index in [9.17, 15) is 0 Å². The Kier molecular flexibility index (Phi) is 8.54. The van der Waals surface area contributed by atoms with Crippen molar-refractivity contribution in [2.24, 2.45) is 5.92 Å². The summed E-state index contributed by atoms with van der Waals surface area (Å²) in [6, 6.07) is 9.79. The molecule has 0 saturated carbocycles. The van der Waals surface area contributed by atoms with Crippen molar-refractivity contribution in [2.75, 3.05) is 14.2 Å². The minimum absolute atomic E-state index is 0.482. The Morgan fingerprint density at radius 2 is 1.62 bits per heavy atom. The van der Waals surface area contributed by atoms with Crippen LogP contribution in [0.5, 0.6) is 0 Å². The van der Waals surface area contributed by atoms with Gasteiger partial charge in [0.05, 0.1) is 14.2 Å². The lowest BCUT2D eigenvalue weighted by Gasteiger charge is -2.33. The van der Waals surface area contributed by atoms with Crippen LogP contribution in [0.3, 0.4) is 0 Å². The lowest BCUT2D eigenvalue weighted by molar-refractivity contribution is -0.512. The summed E-state index contributed by atoms with van der Waals surface area (Å²) < 4.78 is 0. The van der Waals surface area contributed by atoms with Crippen molar-refractivity contribution in [2.45, 2.75) is 51.7 Å². The van der Waals surface area contributed by atoms with Gasteiger partial charge in [-0.3, -0.25) is 0 Å². The van der Waals surface area contributed by atoms with Gasteiger partial charge < -0.3 is 0 Å². The minimum Gasteiger partial charge on any atom is -0.237 e. The fourth-order valence-corrected chi connectivity index (χ4v) is 2.58. The van der Waals surface area contributed by atoms with Crippen molar-refractivity contribution in [3.05, 3.63) is 35.9 Å². The van der Waals surface area contributed by atoms with E-state index in [2.05, 4.69) is 13.8 Å². The van der Waals surface area contributed by atoms with E-state index in [0.29, 0.717) is 12.3 Å². The average molecular weight is 296 g/mol. The van der Waals surface area contributed by atoms with Crippen LogP contribution in [0.25, 0.3) is 0 Å². The molecule has 120 valence electrons. The van der Waals surface area contributed by atoms with Crippen LogP contribution >= 0.6 is 0 Å². The molecule has 0 amide bonds. The number of unbranched alkanes of at least 4 members (excludes halogenated alkanes) is 1. The van der Waals surface area contributed by atoms with E-state index in [1.165, 1.54) is 27.1 Å². The van der Waals surface area contributed by atoms with Crippen LogP contribution in [0.2, 0.25) is 0 Å². The number of rotatable bonds is 11. The summed E-state index contributed by atoms with van der Waals surface area (Å²) in [6.45, 7) is 4.39. The van der Waals surface area contributed by atoms with E-state index in [1.54, 1.807) is 0 Å². The molecule has 0 aliphatic rings. The number of benzene rings is 1. The number of hydrogen-bond donors (Lipinski definition) is 0. The molecule has 0 spiro atoms. The molecule has 21 heavy (non-hydrogen) atoms.